The Morgan fingerprint density at radius 2 is 1.76 bits per heavy atom. The van der Waals surface area contributed by atoms with Crippen LogP contribution in [0.1, 0.15) is 29.8 Å². The number of sulfonamides is 1. The first-order chi connectivity index (χ1) is 18.2. The Labute approximate surface area is 228 Å². The van der Waals surface area contributed by atoms with E-state index in [9.17, 15) is 18.0 Å². The highest BCUT2D eigenvalue weighted by Gasteiger charge is 2.22. The van der Waals surface area contributed by atoms with Gasteiger partial charge in [0.15, 0.2) is 17.6 Å². The number of carbonyl (C=O) groups excluding carboxylic acids is 2. The molecule has 0 saturated carbocycles. The number of hydrogen-bond donors (Lipinski definition) is 2. The minimum absolute atomic E-state index is 0.0298. The first-order valence-corrected chi connectivity index (χ1v) is 13.9. The molecule has 0 fully saturated rings. The number of carbonyl (C=O) groups is 2. The Morgan fingerprint density at radius 1 is 1.03 bits per heavy atom. The van der Waals surface area contributed by atoms with Crippen molar-refractivity contribution in [3.63, 3.8) is 0 Å². The van der Waals surface area contributed by atoms with Crippen molar-refractivity contribution in [2.75, 3.05) is 18.1 Å². The van der Waals surface area contributed by atoms with Crippen molar-refractivity contribution < 1.29 is 37.0 Å². The van der Waals surface area contributed by atoms with E-state index in [1.54, 1.807) is 37.3 Å². The SMILES string of the molecule is CCOc1ccc(Br)cc1S(=O)(=O)Nc1ccc(C(=O)OC(C)C(=O)NCc2ccc3c(c2)OCO3)cc1. The summed E-state index contributed by atoms with van der Waals surface area (Å²) in [6.45, 7) is 3.90. The zero-order valence-corrected chi connectivity index (χ0v) is 22.9. The molecule has 3 aromatic rings. The van der Waals surface area contributed by atoms with E-state index in [4.69, 9.17) is 18.9 Å². The van der Waals surface area contributed by atoms with E-state index in [0.717, 1.165) is 5.56 Å². The largest absolute Gasteiger partial charge is 0.492 e. The molecule has 0 radical (unpaired) electrons. The minimum Gasteiger partial charge on any atom is -0.492 e. The van der Waals surface area contributed by atoms with Crippen LogP contribution < -0.4 is 24.2 Å². The lowest BCUT2D eigenvalue weighted by Crippen LogP contribution is -2.35. The number of hydrogen-bond acceptors (Lipinski definition) is 8. The van der Waals surface area contributed by atoms with E-state index in [0.29, 0.717) is 22.6 Å². The zero-order valence-electron chi connectivity index (χ0n) is 20.5. The van der Waals surface area contributed by atoms with Gasteiger partial charge in [0.2, 0.25) is 6.79 Å². The van der Waals surface area contributed by atoms with Crippen LogP contribution in [0.3, 0.4) is 0 Å². The normalized spacial score (nSPS) is 12.9. The Morgan fingerprint density at radius 3 is 2.50 bits per heavy atom. The number of nitrogens with one attached hydrogen (secondary N) is 2. The summed E-state index contributed by atoms with van der Waals surface area (Å²) in [5, 5.41) is 2.71. The molecule has 4 rings (SSSR count). The van der Waals surface area contributed by atoms with Crippen molar-refractivity contribution in [2.24, 2.45) is 0 Å². The van der Waals surface area contributed by atoms with E-state index in [-0.39, 0.29) is 35.2 Å². The average molecular weight is 605 g/mol. The fraction of sp³-hybridized carbons (Fsp3) is 0.231. The van der Waals surface area contributed by atoms with Crippen LogP contribution in [-0.4, -0.2) is 39.8 Å². The first-order valence-electron chi connectivity index (χ1n) is 11.6. The molecule has 0 bridgehead atoms. The Bertz CT molecular complexity index is 1440. The molecule has 200 valence electrons. The Hall–Kier alpha value is -3.77. The summed E-state index contributed by atoms with van der Waals surface area (Å²) < 4.78 is 50.2. The lowest BCUT2D eigenvalue weighted by Gasteiger charge is -2.15. The fourth-order valence-corrected chi connectivity index (χ4v) is 5.26. The smallest absolute Gasteiger partial charge is 0.338 e. The number of anilines is 1. The van der Waals surface area contributed by atoms with Gasteiger partial charge >= 0.3 is 5.97 Å². The Balaban J connectivity index is 1.33. The predicted molar refractivity (Wildman–Crippen MR) is 142 cm³/mol. The van der Waals surface area contributed by atoms with Crippen molar-refractivity contribution in [3.8, 4) is 17.2 Å². The van der Waals surface area contributed by atoms with Gasteiger partial charge < -0.3 is 24.3 Å². The lowest BCUT2D eigenvalue weighted by atomic mass is 10.2. The van der Waals surface area contributed by atoms with Crippen LogP contribution in [0.5, 0.6) is 17.2 Å². The molecule has 0 saturated heterocycles. The summed E-state index contributed by atoms with van der Waals surface area (Å²) in [5.74, 6) is 0.266. The van der Waals surface area contributed by atoms with E-state index >= 15 is 0 Å². The van der Waals surface area contributed by atoms with Crippen LogP contribution in [0.2, 0.25) is 0 Å². The first kappa shape index (κ1) is 27.3. The second kappa shape index (κ2) is 11.7. The van der Waals surface area contributed by atoms with Crippen molar-refractivity contribution in [3.05, 3.63) is 76.3 Å². The van der Waals surface area contributed by atoms with Crippen LogP contribution in [0.25, 0.3) is 0 Å². The van der Waals surface area contributed by atoms with Crippen molar-refractivity contribution in [2.45, 2.75) is 31.4 Å². The fourth-order valence-electron chi connectivity index (χ4n) is 3.52. The van der Waals surface area contributed by atoms with Gasteiger partial charge in [-0.2, -0.15) is 0 Å². The standard InChI is InChI=1S/C26H25BrN2O8S/c1-3-34-22-11-7-19(27)13-24(22)38(32,33)29-20-8-5-18(6-9-20)26(31)37-16(2)25(30)28-14-17-4-10-21-23(12-17)36-15-35-21/h4-13,16,29H,3,14-15H2,1-2H3,(H,28,30). The van der Waals surface area contributed by atoms with Crippen LogP contribution in [0.4, 0.5) is 5.69 Å². The second-order valence-electron chi connectivity index (χ2n) is 8.16. The predicted octanol–water partition coefficient (Wildman–Crippen LogP) is 4.24. The summed E-state index contributed by atoms with van der Waals surface area (Å²) in [4.78, 5) is 24.9. The summed E-state index contributed by atoms with van der Waals surface area (Å²) in [7, 11) is -3.97. The maximum Gasteiger partial charge on any atom is 0.338 e. The molecular weight excluding hydrogens is 580 g/mol. The molecule has 1 aliphatic heterocycles. The third kappa shape index (κ3) is 6.56. The number of ether oxygens (including phenoxy) is 4. The number of fused-ring (bicyclic) bond motifs is 1. The van der Waals surface area contributed by atoms with Crippen LogP contribution in [0, 0.1) is 0 Å². The number of halogens is 1. The summed E-state index contributed by atoms with van der Waals surface area (Å²) in [5.41, 5.74) is 1.19. The molecule has 10 nitrogen and oxygen atoms in total. The monoisotopic (exact) mass is 604 g/mol. The van der Waals surface area contributed by atoms with E-state index in [1.807, 2.05) is 0 Å². The highest BCUT2D eigenvalue weighted by molar-refractivity contribution is 9.10. The van der Waals surface area contributed by atoms with Crippen LogP contribution in [-0.2, 0) is 26.1 Å². The number of amides is 1. The third-order valence-electron chi connectivity index (χ3n) is 5.42. The molecule has 0 spiro atoms. The van der Waals surface area contributed by atoms with E-state index in [1.165, 1.54) is 37.3 Å². The van der Waals surface area contributed by atoms with Crippen LogP contribution >= 0.6 is 15.9 Å². The Kier molecular flexibility index (Phi) is 8.42. The van der Waals surface area contributed by atoms with Crippen LogP contribution in [0.15, 0.2) is 70.0 Å². The maximum absolute atomic E-state index is 12.9. The van der Waals surface area contributed by atoms with E-state index < -0.39 is 28.0 Å². The summed E-state index contributed by atoms with van der Waals surface area (Å²) >= 11 is 3.28. The minimum atomic E-state index is -3.97. The summed E-state index contributed by atoms with van der Waals surface area (Å²) in [6, 6.07) is 15.7. The molecule has 1 unspecified atom stereocenters. The van der Waals surface area contributed by atoms with Gasteiger partial charge in [-0.25, -0.2) is 13.2 Å². The molecule has 38 heavy (non-hydrogen) atoms. The molecular formula is C26H25BrN2O8S. The number of rotatable bonds is 10. The van der Waals surface area contributed by atoms with Gasteiger partial charge in [0.05, 0.1) is 12.2 Å². The zero-order chi connectivity index (χ0) is 27.3. The van der Waals surface area contributed by atoms with Crippen molar-refractivity contribution in [1.29, 1.82) is 0 Å². The van der Waals surface area contributed by atoms with Gasteiger partial charge in [-0.05, 0) is 74.0 Å². The molecule has 2 N–H and O–H groups in total. The topological polar surface area (TPSA) is 129 Å². The lowest BCUT2D eigenvalue weighted by molar-refractivity contribution is -0.129. The molecule has 0 aliphatic carbocycles. The van der Waals surface area contributed by atoms with Gasteiger partial charge in [-0.15, -0.1) is 0 Å². The van der Waals surface area contributed by atoms with E-state index in [2.05, 4.69) is 26.0 Å². The maximum atomic E-state index is 12.9. The van der Waals surface area contributed by atoms with Gasteiger partial charge in [0.25, 0.3) is 15.9 Å². The highest BCUT2D eigenvalue weighted by Crippen LogP contribution is 2.32. The molecule has 12 heteroatoms. The molecule has 3 aromatic carbocycles. The molecule has 1 atom stereocenters. The van der Waals surface area contributed by atoms with Gasteiger partial charge in [0.1, 0.15) is 10.6 Å². The molecule has 0 aromatic heterocycles. The van der Waals surface area contributed by atoms with Gasteiger partial charge in [-0.1, -0.05) is 22.0 Å². The van der Waals surface area contributed by atoms with Crippen molar-refractivity contribution in [1.82, 2.24) is 5.32 Å². The van der Waals surface area contributed by atoms with Gasteiger partial charge in [0, 0.05) is 16.7 Å². The van der Waals surface area contributed by atoms with Gasteiger partial charge in [-0.3, -0.25) is 9.52 Å². The summed E-state index contributed by atoms with van der Waals surface area (Å²) in [6.07, 6.45) is -1.05. The molecule has 1 heterocycles. The quantitative estimate of drug-likeness (QED) is 0.329. The average Bonchev–Trinajstić information content (AvgIpc) is 3.36. The molecule has 1 amide bonds. The highest BCUT2D eigenvalue weighted by atomic mass is 79.9. The third-order valence-corrected chi connectivity index (χ3v) is 7.32. The molecule has 1 aliphatic rings. The van der Waals surface area contributed by atoms with Crippen molar-refractivity contribution >= 4 is 43.5 Å². The second-order valence-corrected chi connectivity index (χ2v) is 10.7. The number of benzene rings is 3. The number of esters is 1.